The van der Waals surface area contributed by atoms with Gasteiger partial charge in [-0.25, -0.2) is 0 Å². The zero-order valence-electron chi connectivity index (χ0n) is 13.5. The second-order valence-corrected chi connectivity index (χ2v) is 5.56. The van der Waals surface area contributed by atoms with E-state index >= 15 is 0 Å². The minimum Gasteiger partial charge on any atom is -0.463 e. The summed E-state index contributed by atoms with van der Waals surface area (Å²) in [5.74, 6) is -1.52. The number of benzene rings is 1. The van der Waals surface area contributed by atoms with E-state index in [1.807, 2.05) is 0 Å². The Morgan fingerprint density at radius 3 is 2.76 bits per heavy atom. The van der Waals surface area contributed by atoms with Crippen molar-refractivity contribution in [2.45, 2.75) is 12.7 Å². The third kappa shape index (κ3) is 4.86. The summed E-state index contributed by atoms with van der Waals surface area (Å²) in [6.45, 7) is 1.10. The molecule has 136 valence electrons. The highest BCUT2D eigenvalue weighted by atomic mass is 32.1. The normalized spacial score (nSPS) is 20.0. The van der Waals surface area contributed by atoms with Crippen LogP contribution in [0.3, 0.4) is 0 Å². The van der Waals surface area contributed by atoms with Crippen LogP contribution < -0.4 is 15.4 Å². The van der Waals surface area contributed by atoms with Crippen LogP contribution in [0.1, 0.15) is 11.6 Å². The highest BCUT2D eigenvalue weighted by Gasteiger charge is 2.39. The maximum Gasteiger partial charge on any atom is 0.387 e. The number of carbonyl (C=O) groups excluding carboxylic acids is 1. The fraction of sp³-hybridized carbons (Fsp3) is 0.375. The van der Waals surface area contributed by atoms with Gasteiger partial charge in [-0.3, -0.25) is 4.79 Å². The van der Waals surface area contributed by atoms with Crippen LogP contribution in [-0.2, 0) is 14.3 Å². The largest absolute Gasteiger partial charge is 0.463 e. The molecular weight excluding hydrogens is 354 g/mol. The van der Waals surface area contributed by atoms with Crippen LogP contribution in [0.2, 0.25) is 0 Å². The number of thiocarbonyl (C=S) groups is 1. The first-order chi connectivity index (χ1) is 11.9. The lowest BCUT2D eigenvalue weighted by Crippen LogP contribution is -2.51. The average molecular weight is 372 g/mol. The first kappa shape index (κ1) is 19.1. The van der Waals surface area contributed by atoms with E-state index in [0.717, 1.165) is 0 Å². The molecule has 1 aromatic rings. The standard InChI is InChI=1S/C16H18F2N2O4S/c1-9-12(14(21)23-8-7-22-2)13(20-16(25)19-9)10-5-3-4-6-11(10)24-15(17)18/h3-6,12-13,15H,1,7-8H2,2H3,(H2,19,20,25)/t12-,13+/m0/s1. The summed E-state index contributed by atoms with van der Waals surface area (Å²) in [5.41, 5.74) is 0.657. The fourth-order valence-corrected chi connectivity index (χ4v) is 2.74. The second kappa shape index (κ2) is 8.72. The van der Waals surface area contributed by atoms with Gasteiger partial charge in [-0.2, -0.15) is 8.78 Å². The maximum atomic E-state index is 12.7. The highest BCUT2D eigenvalue weighted by Crippen LogP contribution is 2.36. The van der Waals surface area contributed by atoms with E-state index in [-0.39, 0.29) is 24.1 Å². The number of esters is 1. The van der Waals surface area contributed by atoms with Crippen molar-refractivity contribution in [2.75, 3.05) is 20.3 Å². The van der Waals surface area contributed by atoms with Gasteiger partial charge in [0.15, 0.2) is 5.11 Å². The lowest BCUT2D eigenvalue weighted by Gasteiger charge is -2.35. The first-order valence-corrected chi connectivity index (χ1v) is 7.80. The van der Waals surface area contributed by atoms with Crippen LogP contribution in [0.15, 0.2) is 36.5 Å². The van der Waals surface area contributed by atoms with Crippen molar-refractivity contribution in [1.29, 1.82) is 0 Å². The Balaban J connectivity index is 2.32. The average Bonchev–Trinajstić information content (AvgIpc) is 2.54. The van der Waals surface area contributed by atoms with Crippen LogP contribution >= 0.6 is 12.2 Å². The summed E-state index contributed by atoms with van der Waals surface area (Å²) in [7, 11) is 1.48. The Labute approximate surface area is 149 Å². The molecular formula is C16H18F2N2O4S. The second-order valence-electron chi connectivity index (χ2n) is 5.16. The molecule has 1 aliphatic rings. The molecule has 9 heteroatoms. The van der Waals surface area contributed by atoms with Crippen molar-refractivity contribution in [3.05, 3.63) is 42.1 Å². The Hall–Kier alpha value is -2.26. The topological polar surface area (TPSA) is 68.8 Å². The molecule has 6 nitrogen and oxygen atoms in total. The molecule has 1 aromatic carbocycles. The zero-order valence-corrected chi connectivity index (χ0v) is 14.3. The van der Waals surface area contributed by atoms with Crippen molar-refractivity contribution in [3.63, 3.8) is 0 Å². The quantitative estimate of drug-likeness (QED) is 0.432. The van der Waals surface area contributed by atoms with Gasteiger partial charge in [-0.05, 0) is 18.3 Å². The maximum absolute atomic E-state index is 12.7. The van der Waals surface area contributed by atoms with Gasteiger partial charge in [0, 0.05) is 18.4 Å². The first-order valence-electron chi connectivity index (χ1n) is 7.39. The molecule has 2 N–H and O–H groups in total. The molecule has 1 saturated heterocycles. The number of ether oxygens (including phenoxy) is 3. The van der Waals surface area contributed by atoms with Gasteiger partial charge < -0.3 is 24.8 Å². The summed E-state index contributed by atoms with van der Waals surface area (Å²) in [6, 6.07) is 5.42. The van der Waals surface area contributed by atoms with E-state index in [0.29, 0.717) is 11.3 Å². The van der Waals surface area contributed by atoms with Crippen LogP contribution in [-0.4, -0.2) is 38.0 Å². The Morgan fingerprint density at radius 2 is 2.08 bits per heavy atom. The van der Waals surface area contributed by atoms with Crippen molar-refractivity contribution in [3.8, 4) is 5.75 Å². The van der Waals surface area contributed by atoms with E-state index in [9.17, 15) is 13.6 Å². The van der Waals surface area contributed by atoms with Gasteiger partial charge in [0.25, 0.3) is 0 Å². The minimum atomic E-state index is -3.00. The van der Waals surface area contributed by atoms with Crippen molar-refractivity contribution < 1.29 is 27.8 Å². The van der Waals surface area contributed by atoms with E-state index < -0.39 is 24.5 Å². The van der Waals surface area contributed by atoms with Crippen LogP contribution in [0, 0.1) is 5.92 Å². The Bertz CT molecular complexity index is 657. The zero-order chi connectivity index (χ0) is 18.4. The molecule has 0 spiro atoms. The number of nitrogens with one attached hydrogen (secondary N) is 2. The van der Waals surface area contributed by atoms with Crippen molar-refractivity contribution >= 4 is 23.3 Å². The molecule has 0 saturated carbocycles. The molecule has 0 amide bonds. The smallest absolute Gasteiger partial charge is 0.387 e. The van der Waals surface area contributed by atoms with Gasteiger partial charge in [0.1, 0.15) is 18.3 Å². The van der Waals surface area contributed by atoms with E-state index in [2.05, 4.69) is 21.9 Å². The molecule has 0 unspecified atom stereocenters. The predicted molar refractivity (Wildman–Crippen MR) is 90.1 cm³/mol. The molecule has 1 aliphatic heterocycles. The highest BCUT2D eigenvalue weighted by molar-refractivity contribution is 7.80. The van der Waals surface area contributed by atoms with Crippen molar-refractivity contribution in [2.24, 2.45) is 5.92 Å². The monoisotopic (exact) mass is 372 g/mol. The number of rotatable bonds is 7. The number of methoxy groups -OCH3 is 1. The van der Waals surface area contributed by atoms with Gasteiger partial charge in [0.05, 0.1) is 12.6 Å². The number of halogens is 2. The van der Waals surface area contributed by atoms with E-state index in [4.69, 9.17) is 21.7 Å². The lowest BCUT2D eigenvalue weighted by molar-refractivity contribution is -0.149. The molecule has 1 heterocycles. The third-order valence-electron chi connectivity index (χ3n) is 3.53. The minimum absolute atomic E-state index is 0.0535. The van der Waals surface area contributed by atoms with Crippen LogP contribution in [0.5, 0.6) is 5.75 Å². The van der Waals surface area contributed by atoms with Crippen LogP contribution in [0.4, 0.5) is 8.78 Å². The molecule has 2 atom stereocenters. The molecule has 0 bridgehead atoms. The van der Waals surface area contributed by atoms with Gasteiger partial charge in [-0.15, -0.1) is 0 Å². The number of alkyl halides is 2. The fourth-order valence-electron chi connectivity index (χ4n) is 2.48. The van der Waals surface area contributed by atoms with E-state index in [1.165, 1.54) is 13.2 Å². The van der Waals surface area contributed by atoms with Gasteiger partial charge in [-0.1, -0.05) is 24.8 Å². The molecule has 25 heavy (non-hydrogen) atoms. The number of carbonyl (C=O) groups is 1. The SMILES string of the molecule is C=C1NC(=S)N[C@H](c2ccccc2OC(F)F)[C@H]1C(=O)OCCOC. The summed E-state index contributed by atoms with van der Waals surface area (Å²) in [5, 5.41) is 5.89. The Kier molecular flexibility index (Phi) is 6.65. The molecule has 0 radical (unpaired) electrons. The van der Waals surface area contributed by atoms with Gasteiger partial charge in [0.2, 0.25) is 0 Å². The summed E-state index contributed by atoms with van der Waals surface area (Å²) >= 11 is 5.09. The molecule has 0 aromatic heterocycles. The third-order valence-corrected chi connectivity index (χ3v) is 3.75. The summed E-state index contributed by atoms with van der Waals surface area (Å²) in [4.78, 5) is 12.5. The lowest BCUT2D eigenvalue weighted by atomic mass is 9.88. The summed E-state index contributed by atoms with van der Waals surface area (Å²) in [6.07, 6.45) is 0. The van der Waals surface area contributed by atoms with E-state index in [1.54, 1.807) is 18.2 Å². The summed E-state index contributed by atoms with van der Waals surface area (Å²) < 4.78 is 39.9. The molecule has 2 rings (SSSR count). The molecule has 0 aliphatic carbocycles. The van der Waals surface area contributed by atoms with Crippen molar-refractivity contribution in [1.82, 2.24) is 10.6 Å². The number of hydrogen-bond donors (Lipinski definition) is 2. The predicted octanol–water partition coefficient (Wildman–Crippen LogP) is 2.13. The number of hydrogen-bond acceptors (Lipinski definition) is 5. The Morgan fingerprint density at radius 1 is 1.36 bits per heavy atom. The van der Waals surface area contributed by atoms with Gasteiger partial charge >= 0.3 is 12.6 Å². The van der Waals surface area contributed by atoms with Crippen LogP contribution in [0.25, 0.3) is 0 Å². The number of para-hydroxylation sites is 1. The molecule has 1 fully saturated rings.